The van der Waals surface area contributed by atoms with Gasteiger partial charge < -0.3 is 14.8 Å². The fourth-order valence-electron chi connectivity index (χ4n) is 4.42. The topological polar surface area (TPSA) is 67.5 Å². The average Bonchev–Trinajstić information content (AvgIpc) is 3.01. The van der Waals surface area contributed by atoms with Crippen molar-refractivity contribution in [1.82, 2.24) is 9.78 Å². The third kappa shape index (κ3) is 1.74. The van der Waals surface area contributed by atoms with E-state index in [1.165, 1.54) is 17.5 Å². The van der Waals surface area contributed by atoms with Crippen molar-refractivity contribution in [2.45, 2.75) is 44.2 Å². The minimum Gasteiger partial charge on any atom is -0.423 e. The molecule has 3 unspecified atom stereocenters. The fourth-order valence-corrected chi connectivity index (χ4v) is 4.42. The van der Waals surface area contributed by atoms with Crippen molar-refractivity contribution >= 4 is 23.5 Å². The van der Waals surface area contributed by atoms with E-state index in [0.29, 0.717) is 17.3 Å². The summed E-state index contributed by atoms with van der Waals surface area (Å²) >= 11 is 0. The number of hydrogen-bond acceptors (Lipinski definition) is 4. The Morgan fingerprint density at radius 2 is 2.23 bits per heavy atom. The van der Waals surface area contributed by atoms with E-state index in [1.807, 2.05) is 4.68 Å². The van der Waals surface area contributed by atoms with Crippen LogP contribution in [-0.4, -0.2) is 33.6 Å². The lowest BCUT2D eigenvalue weighted by Crippen LogP contribution is -2.34. The Labute approximate surface area is 129 Å². The van der Waals surface area contributed by atoms with Crippen LogP contribution in [0.1, 0.15) is 49.0 Å². The quantitative estimate of drug-likeness (QED) is 0.814. The Morgan fingerprint density at radius 3 is 3.00 bits per heavy atom. The lowest BCUT2D eigenvalue weighted by atomic mass is 9.73. The van der Waals surface area contributed by atoms with E-state index in [-0.39, 0.29) is 6.23 Å². The van der Waals surface area contributed by atoms with Crippen molar-refractivity contribution in [2.75, 3.05) is 6.61 Å². The van der Waals surface area contributed by atoms with Crippen LogP contribution < -0.4 is 5.46 Å². The second kappa shape index (κ2) is 4.57. The van der Waals surface area contributed by atoms with Gasteiger partial charge in [0.2, 0.25) is 0 Å². The first-order valence-corrected chi connectivity index (χ1v) is 8.24. The molecule has 5 rings (SSSR count). The van der Waals surface area contributed by atoms with E-state index in [2.05, 4.69) is 11.2 Å². The molecule has 2 aliphatic carbocycles. The Kier molecular flexibility index (Phi) is 2.72. The lowest BCUT2D eigenvalue weighted by Gasteiger charge is -2.24. The van der Waals surface area contributed by atoms with Crippen LogP contribution in [0.5, 0.6) is 0 Å². The van der Waals surface area contributed by atoms with E-state index in [1.54, 1.807) is 6.20 Å². The molecule has 3 aliphatic rings. The Bertz CT molecular complexity index is 751. The monoisotopic (exact) mass is 298 g/mol. The van der Waals surface area contributed by atoms with Gasteiger partial charge >= 0.3 is 7.12 Å². The summed E-state index contributed by atoms with van der Waals surface area (Å²) in [5, 5.41) is 25.2. The first-order valence-electron chi connectivity index (χ1n) is 8.24. The molecule has 0 amide bonds. The number of fused-ring (bicyclic) bond motifs is 4. The normalized spacial score (nSPS) is 29.5. The van der Waals surface area contributed by atoms with E-state index in [9.17, 15) is 10.0 Å². The number of ether oxygens (including phenoxy) is 1. The van der Waals surface area contributed by atoms with Crippen molar-refractivity contribution < 1.29 is 14.8 Å². The van der Waals surface area contributed by atoms with Crippen LogP contribution >= 0.6 is 0 Å². The molecule has 1 aromatic heterocycles. The smallest absolute Gasteiger partial charge is 0.423 e. The van der Waals surface area contributed by atoms with Crippen molar-refractivity contribution in [1.29, 1.82) is 0 Å². The van der Waals surface area contributed by atoms with Gasteiger partial charge in [-0.05, 0) is 66.6 Å². The Hall–Kier alpha value is -1.37. The molecule has 1 aliphatic heterocycles. The summed E-state index contributed by atoms with van der Waals surface area (Å²) in [6.45, 7) is 0.774. The predicted molar refractivity (Wildman–Crippen MR) is 83.0 cm³/mol. The maximum absolute atomic E-state index is 9.93. The van der Waals surface area contributed by atoms with Gasteiger partial charge in [0.25, 0.3) is 0 Å². The van der Waals surface area contributed by atoms with E-state index in [4.69, 9.17) is 4.74 Å². The second-order valence-corrected chi connectivity index (χ2v) is 6.89. The molecule has 2 fully saturated rings. The molecule has 22 heavy (non-hydrogen) atoms. The zero-order valence-electron chi connectivity index (χ0n) is 12.4. The third-order valence-corrected chi connectivity index (χ3v) is 5.53. The zero-order chi connectivity index (χ0) is 14.8. The molecule has 2 aromatic rings. The lowest BCUT2D eigenvalue weighted by molar-refractivity contribution is -0.0366. The Morgan fingerprint density at radius 1 is 1.32 bits per heavy atom. The highest BCUT2D eigenvalue weighted by Crippen LogP contribution is 2.56. The number of hydrogen-bond donors (Lipinski definition) is 2. The molecule has 2 N–H and O–H groups in total. The van der Waals surface area contributed by atoms with Crippen LogP contribution in [0.3, 0.4) is 0 Å². The zero-order valence-corrected chi connectivity index (χ0v) is 12.4. The third-order valence-electron chi connectivity index (χ3n) is 5.53. The number of aromatic nitrogens is 2. The summed E-state index contributed by atoms with van der Waals surface area (Å²) in [4.78, 5) is 0. The SMILES string of the molecule is OB(O)c1c2c(cc3c1cnn3C1CCCCO1)CC1CC21. The van der Waals surface area contributed by atoms with Crippen LogP contribution in [-0.2, 0) is 11.2 Å². The molecule has 0 bridgehead atoms. The van der Waals surface area contributed by atoms with Gasteiger partial charge in [0.15, 0.2) is 6.23 Å². The summed E-state index contributed by atoms with van der Waals surface area (Å²) in [6.07, 6.45) is 7.23. The van der Waals surface area contributed by atoms with Gasteiger partial charge in [-0.25, -0.2) is 4.68 Å². The predicted octanol–water partition coefficient (Wildman–Crippen LogP) is 1.07. The number of benzene rings is 1. The fraction of sp³-hybridized carbons (Fsp3) is 0.562. The highest BCUT2D eigenvalue weighted by atomic mass is 16.5. The van der Waals surface area contributed by atoms with Crippen molar-refractivity contribution in [3.8, 4) is 0 Å². The summed E-state index contributed by atoms with van der Waals surface area (Å²) in [6, 6.07) is 2.20. The van der Waals surface area contributed by atoms with E-state index >= 15 is 0 Å². The minimum atomic E-state index is -1.43. The van der Waals surface area contributed by atoms with Crippen molar-refractivity contribution in [3.63, 3.8) is 0 Å². The molecule has 114 valence electrons. The second-order valence-electron chi connectivity index (χ2n) is 6.89. The van der Waals surface area contributed by atoms with Crippen LogP contribution in [0, 0.1) is 5.92 Å². The molecule has 0 spiro atoms. The number of rotatable bonds is 2. The summed E-state index contributed by atoms with van der Waals surface area (Å²) in [5.41, 5.74) is 4.11. The van der Waals surface area contributed by atoms with Gasteiger partial charge in [0, 0.05) is 12.0 Å². The highest BCUT2D eigenvalue weighted by molar-refractivity contribution is 6.62. The molecular formula is C16H19BN2O3. The molecule has 1 aromatic carbocycles. The maximum Gasteiger partial charge on any atom is 0.489 e. The molecule has 2 heterocycles. The van der Waals surface area contributed by atoms with Gasteiger partial charge in [0.05, 0.1) is 11.7 Å². The first kappa shape index (κ1) is 13.1. The summed E-state index contributed by atoms with van der Waals surface area (Å²) in [5.74, 6) is 1.25. The molecule has 1 saturated carbocycles. The van der Waals surface area contributed by atoms with E-state index < -0.39 is 7.12 Å². The van der Waals surface area contributed by atoms with Crippen LogP contribution in [0.15, 0.2) is 12.3 Å². The molecule has 3 atom stereocenters. The largest absolute Gasteiger partial charge is 0.489 e. The van der Waals surface area contributed by atoms with Gasteiger partial charge in [-0.15, -0.1) is 0 Å². The van der Waals surface area contributed by atoms with Crippen molar-refractivity contribution in [3.05, 3.63) is 23.4 Å². The minimum absolute atomic E-state index is 0.0241. The number of nitrogens with zero attached hydrogens (tertiary/aromatic N) is 2. The summed E-state index contributed by atoms with van der Waals surface area (Å²) < 4.78 is 7.79. The summed E-state index contributed by atoms with van der Waals surface area (Å²) in [7, 11) is -1.43. The van der Waals surface area contributed by atoms with Gasteiger partial charge in [-0.3, -0.25) is 0 Å². The first-order chi connectivity index (χ1) is 10.7. The molecule has 5 nitrogen and oxygen atoms in total. The van der Waals surface area contributed by atoms with Crippen LogP contribution in [0.2, 0.25) is 0 Å². The highest BCUT2D eigenvalue weighted by Gasteiger charge is 2.48. The molecule has 1 saturated heterocycles. The van der Waals surface area contributed by atoms with Gasteiger partial charge in [-0.2, -0.15) is 5.10 Å². The van der Waals surface area contributed by atoms with Gasteiger partial charge in [-0.1, -0.05) is 0 Å². The molecular weight excluding hydrogens is 279 g/mol. The van der Waals surface area contributed by atoms with Gasteiger partial charge in [0.1, 0.15) is 0 Å². The van der Waals surface area contributed by atoms with Crippen molar-refractivity contribution in [2.24, 2.45) is 5.92 Å². The van der Waals surface area contributed by atoms with E-state index in [0.717, 1.165) is 43.2 Å². The van der Waals surface area contributed by atoms with Crippen LogP contribution in [0.4, 0.5) is 0 Å². The standard InChI is InChI=1S/C16H19BN2O3/c20-17(21)16-12-8-18-19(14-3-1-2-4-22-14)13(12)7-10-5-9-6-11(9)15(10)16/h7-9,11,14,20-21H,1-6H2. The molecule has 6 heteroatoms. The molecule has 0 radical (unpaired) electrons. The Balaban J connectivity index is 1.71. The average molecular weight is 298 g/mol. The maximum atomic E-state index is 9.93. The van der Waals surface area contributed by atoms with Crippen LogP contribution in [0.25, 0.3) is 10.9 Å².